The molecule has 0 amide bonds. The summed E-state index contributed by atoms with van der Waals surface area (Å²) in [6.45, 7) is 2.36. The van der Waals surface area contributed by atoms with Crippen molar-refractivity contribution in [3.63, 3.8) is 0 Å². The van der Waals surface area contributed by atoms with E-state index in [1.54, 1.807) is 12.1 Å². The van der Waals surface area contributed by atoms with Crippen molar-refractivity contribution in [1.29, 1.82) is 0 Å². The van der Waals surface area contributed by atoms with Gasteiger partial charge in [0.15, 0.2) is 0 Å². The number of hydrogen-bond acceptors (Lipinski definition) is 4. The van der Waals surface area contributed by atoms with Gasteiger partial charge in [-0.2, -0.15) is 0 Å². The van der Waals surface area contributed by atoms with Crippen LogP contribution in [0.15, 0.2) is 48.5 Å². The van der Waals surface area contributed by atoms with Crippen LogP contribution in [-0.4, -0.2) is 22.8 Å². The molecule has 0 saturated carbocycles. The Morgan fingerprint density at radius 3 is 2.57 bits per heavy atom. The first-order valence-corrected chi connectivity index (χ1v) is 7.45. The number of ether oxygens (including phenoxy) is 1. The highest BCUT2D eigenvalue weighted by molar-refractivity contribution is 5.68. The molecule has 23 heavy (non-hydrogen) atoms. The first kappa shape index (κ1) is 16.8. The summed E-state index contributed by atoms with van der Waals surface area (Å²) in [4.78, 5) is 10.5. The second-order valence-corrected chi connectivity index (χ2v) is 5.53. The number of aliphatic carboxylic acids is 1. The molecule has 0 spiro atoms. The van der Waals surface area contributed by atoms with E-state index in [0.29, 0.717) is 12.4 Å². The number of carboxylic acids is 1. The smallest absolute Gasteiger partial charge is 0.304 e. The Hall–Kier alpha value is -2.53. The molecule has 0 saturated heterocycles. The number of phenolic OH excluding ortho intramolecular Hbond substituents is 1. The summed E-state index contributed by atoms with van der Waals surface area (Å²) in [5.74, 6) is -0.196. The Kier molecular flexibility index (Phi) is 5.60. The second-order valence-electron chi connectivity index (χ2n) is 5.53. The van der Waals surface area contributed by atoms with Crippen molar-refractivity contribution in [3.8, 4) is 11.5 Å². The summed E-state index contributed by atoms with van der Waals surface area (Å²) in [6, 6.07) is 15.0. The van der Waals surface area contributed by atoms with E-state index in [0.717, 1.165) is 5.56 Å². The predicted molar refractivity (Wildman–Crippen MR) is 87.6 cm³/mol. The molecule has 5 heteroatoms. The minimum absolute atomic E-state index is 0.0672. The van der Waals surface area contributed by atoms with Crippen LogP contribution in [-0.2, 0) is 4.79 Å². The van der Waals surface area contributed by atoms with Gasteiger partial charge in [0.1, 0.15) is 11.5 Å². The van der Waals surface area contributed by atoms with Crippen molar-refractivity contribution >= 4 is 5.97 Å². The van der Waals surface area contributed by atoms with Gasteiger partial charge in [0.2, 0.25) is 0 Å². The summed E-state index contributed by atoms with van der Waals surface area (Å²) in [5.41, 5.74) is 7.67. The lowest BCUT2D eigenvalue weighted by atomic mass is 9.98. The van der Waals surface area contributed by atoms with Gasteiger partial charge in [-0.3, -0.25) is 4.79 Å². The number of rotatable bonds is 3. The molecule has 1 unspecified atom stereocenters. The summed E-state index contributed by atoms with van der Waals surface area (Å²) < 4.78 is 5.27. The summed E-state index contributed by atoms with van der Waals surface area (Å²) in [7, 11) is 0. The second kappa shape index (κ2) is 7.65. The molecule has 3 rings (SSSR count). The van der Waals surface area contributed by atoms with Gasteiger partial charge in [-0.1, -0.05) is 36.4 Å². The van der Waals surface area contributed by atoms with Crippen LogP contribution >= 0.6 is 0 Å². The van der Waals surface area contributed by atoms with E-state index in [1.807, 2.05) is 37.3 Å². The van der Waals surface area contributed by atoms with E-state index in [2.05, 4.69) is 0 Å². The Balaban J connectivity index is 0.000000185. The van der Waals surface area contributed by atoms with Crippen molar-refractivity contribution in [2.75, 3.05) is 6.61 Å². The molecule has 0 aliphatic carbocycles. The van der Waals surface area contributed by atoms with Crippen molar-refractivity contribution in [2.45, 2.75) is 25.3 Å². The normalized spacial score (nSPS) is 16.5. The third kappa shape index (κ3) is 4.72. The molecule has 1 aliphatic heterocycles. The quantitative estimate of drug-likeness (QED) is 0.809. The summed E-state index contributed by atoms with van der Waals surface area (Å²) >= 11 is 0. The third-order valence-corrected chi connectivity index (χ3v) is 3.62. The van der Waals surface area contributed by atoms with E-state index in [1.165, 1.54) is 11.6 Å². The van der Waals surface area contributed by atoms with Crippen LogP contribution in [0.5, 0.6) is 11.5 Å². The van der Waals surface area contributed by atoms with Crippen LogP contribution < -0.4 is 10.5 Å². The van der Waals surface area contributed by atoms with Crippen LogP contribution in [0.4, 0.5) is 0 Å². The molecule has 2 aromatic rings. The maximum atomic E-state index is 10.5. The van der Waals surface area contributed by atoms with E-state index in [9.17, 15) is 4.79 Å². The molecule has 0 fully saturated rings. The maximum Gasteiger partial charge on any atom is 0.304 e. The maximum absolute atomic E-state index is 10.5. The number of hydrogen-bond donors (Lipinski definition) is 3. The summed E-state index contributed by atoms with van der Waals surface area (Å²) in [5, 5.41) is 17.8. The Morgan fingerprint density at radius 2 is 2.00 bits per heavy atom. The lowest BCUT2D eigenvalue weighted by Gasteiger charge is -2.03. The van der Waals surface area contributed by atoms with Gasteiger partial charge in [-0.05, 0) is 18.6 Å². The first-order valence-electron chi connectivity index (χ1n) is 7.45. The molecular weight excluding hydrogens is 294 g/mol. The monoisotopic (exact) mass is 315 g/mol. The van der Waals surface area contributed by atoms with E-state index in [-0.39, 0.29) is 24.1 Å². The molecule has 0 bridgehead atoms. The molecule has 1 heterocycles. The van der Waals surface area contributed by atoms with Crippen LogP contribution in [0.2, 0.25) is 0 Å². The van der Waals surface area contributed by atoms with Gasteiger partial charge in [0.25, 0.3) is 0 Å². The van der Waals surface area contributed by atoms with Gasteiger partial charge < -0.3 is 20.7 Å². The molecule has 4 N–H and O–H groups in total. The molecule has 5 nitrogen and oxygen atoms in total. The van der Waals surface area contributed by atoms with Crippen LogP contribution in [0.3, 0.4) is 0 Å². The van der Waals surface area contributed by atoms with Crippen molar-refractivity contribution in [1.82, 2.24) is 0 Å². The average molecular weight is 315 g/mol. The highest BCUT2D eigenvalue weighted by Crippen LogP contribution is 2.37. The first-order chi connectivity index (χ1) is 11.0. The van der Waals surface area contributed by atoms with Gasteiger partial charge in [-0.25, -0.2) is 0 Å². The number of carbonyl (C=O) groups is 1. The number of aromatic hydroxyl groups is 1. The lowest BCUT2D eigenvalue weighted by Crippen LogP contribution is -2.07. The Morgan fingerprint density at radius 1 is 1.30 bits per heavy atom. The molecule has 0 aromatic heterocycles. The zero-order chi connectivity index (χ0) is 16.8. The summed E-state index contributed by atoms with van der Waals surface area (Å²) in [6.07, 6.45) is 0.0672. The minimum Gasteiger partial charge on any atom is -0.508 e. The topological polar surface area (TPSA) is 92.8 Å². The number of fused-ring (bicyclic) bond motifs is 1. The third-order valence-electron chi connectivity index (χ3n) is 3.62. The van der Waals surface area contributed by atoms with Crippen LogP contribution in [0, 0.1) is 0 Å². The molecule has 1 aliphatic rings. The van der Waals surface area contributed by atoms with Gasteiger partial charge in [0.05, 0.1) is 13.0 Å². The van der Waals surface area contributed by atoms with Gasteiger partial charge >= 0.3 is 5.97 Å². The largest absolute Gasteiger partial charge is 0.508 e. The zero-order valence-corrected chi connectivity index (χ0v) is 13.0. The van der Waals surface area contributed by atoms with Crippen molar-refractivity contribution in [2.24, 2.45) is 5.73 Å². The molecule has 2 atom stereocenters. The predicted octanol–water partition coefficient (Wildman–Crippen LogP) is 3.05. The SMILES string of the molecule is CC(N)c1ccccc1.O=C(O)C[C@@H]1COc2cc(O)ccc21. The fraction of sp³-hybridized carbons (Fsp3) is 0.278. The number of nitrogens with two attached hydrogens (primary N) is 1. The molecule has 2 aromatic carbocycles. The van der Waals surface area contributed by atoms with E-state index >= 15 is 0 Å². The highest BCUT2D eigenvalue weighted by Gasteiger charge is 2.26. The number of carboxylic acid groups (broad SMARTS) is 1. The minimum atomic E-state index is -0.834. The standard InChI is InChI=1S/C10H10O4.C8H11N/c11-7-1-2-8-6(3-10(12)13)5-14-9(8)4-7;1-7(9)8-5-3-2-4-6-8/h1-2,4,6,11H,3,5H2,(H,12,13);2-7H,9H2,1H3/t6-;/m1./s1. The number of benzene rings is 2. The van der Waals surface area contributed by atoms with Crippen molar-refractivity contribution in [3.05, 3.63) is 59.7 Å². The highest BCUT2D eigenvalue weighted by atomic mass is 16.5. The van der Waals surface area contributed by atoms with Gasteiger partial charge in [0, 0.05) is 23.6 Å². The fourth-order valence-corrected chi connectivity index (χ4v) is 2.40. The van der Waals surface area contributed by atoms with Crippen LogP contribution in [0.1, 0.15) is 36.4 Å². The van der Waals surface area contributed by atoms with E-state index in [4.69, 9.17) is 20.7 Å². The number of phenols is 1. The van der Waals surface area contributed by atoms with Crippen LogP contribution in [0.25, 0.3) is 0 Å². The molecular formula is C18H21NO4. The molecule has 0 radical (unpaired) electrons. The Bertz CT molecular complexity index is 655. The van der Waals surface area contributed by atoms with E-state index < -0.39 is 5.97 Å². The zero-order valence-electron chi connectivity index (χ0n) is 13.0. The van der Waals surface area contributed by atoms with Crippen molar-refractivity contribution < 1.29 is 19.7 Å². The average Bonchev–Trinajstić information content (AvgIpc) is 2.90. The molecule has 122 valence electrons. The van der Waals surface area contributed by atoms with Gasteiger partial charge in [-0.15, -0.1) is 0 Å². The fourth-order valence-electron chi connectivity index (χ4n) is 2.40. The lowest BCUT2D eigenvalue weighted by molar-refractivity contribution is -0.137. The Labute approximate surface area is 135 Å².